The first-order valence-electron chi connectivity index (χ1n) is 13.5. The summed E-state index contributed by atoms with van der Waals surface area (Å²) < 4.78 is 7.66. The van der Waals surface area contributed by atoms with Crippen molar-refractivity contribution in [2.24, 2.45) is 7.05 Å². The zero-order valence-corrected chi connectivity index (χ0v) is 23.9. The Labute approximate surface area is 222 Å². The fourth-order valence-corrected chi connectivity index (χ4v) is 5.31. The highest BCUT2D eigenvalue weighted by molar-refractivity contribution is 6.25. The number of fused-ring (bicyclic) bond motifs is 1. The molecular formula is C28H45Cl2N3O2. The number of esters is 1. The summed E-state index contributed by atoms with van der Waals surface area (Å²) in [4.78, 5) is 19.6. The lowest BCUT2D eigenvalue weighted by atomic mass is 10.1. The molecule has 0 N–H and O–H groups in total. The highest BCUT2D eigenvalue weighted by atomic mass is 35.5. The standard InChI is InChI=1S/C28H45Cl2N3O2/c1-6-8-9-10-11-12-13-14-15-16-19-35-28(34)24(7-2)27-31-25-20-23(17-18-26(25)32(27)5)33(21(3)29)22(4)30/h17-18,20-22,24H,6-16,19H2,1-5H3. The van der Waals surface area contributed by atoms with E-state index >= 15 is 0 Å². The molecule has 3 atom stereocenters. The maximum atomic E-state index is 12.9. The van der Waals surface area contributed by atoms with Crippen molar-refractivity contribution in [3.8, 4) is 0 Å². The molecular weight excluding hydrogens is 481 g/mol. The molecule has 2 rings (SSSR count). The number of aromatic nitrogens is 2. The van der Waals surface area contributed by atoms with Gasteiger partial charge in [-0.15, -0.1) is 0 Å². The largest absolute Gasteiger partial charge is 0.465 e. The van der Waals surface area contributed by atoms with E-state index in [1.807, 2.05) is 55.5 Å². The van der Waals surface area contributed by atoms with Gasteiger partial charge in [0.15, 0.2) is 0 Å². The Morgan fingerprint density at radius 1 is 0.971 bits per heavy atom. The molecule has 0 saturated heterocycles. The molecule has 0 amide bonds. The van der Waals surface area contributed by atoms with Crippen LogP contribution in [0.2, 0.25) is 0 Å². The average Bonchev–Trinajstić information content (AvgIpc) is 3.13. The van der Waals surface area contributed by atoms with Crippen LogP contribution in [0.1, 0.15) is 110 Å². The number of benzene rings is 1. The van der Waals surface area contributed by atoms with Gasteiger partial charge in [0.25, 0.3) is 0 Å². The molecule has 0 spiro atoms. The van der Waals surface area contributed by atoms with Gasteiger partial charge in [0.1, 0.15) is 22.7 Å². The number of alkyl halides is 2. The monoisotopic (exact) mass is 525 g/mol. The number of ether oxygens (including phenoxy) is 1. The molecule has 0 aliphatic heterocycles. The number of aryl methyl sites for hydroxylation is 1. The summed E-state index contributed by atoms with van der Waals surface area (Å²) >= 11 is 12.7. The van der Waals surface area contributed by atoms with Gasteiger partial charge in [0, 0.05) is 12.7 Å². The SMILES string of the molecule is CCCCCCCCCCCCOC(=O)C(CC)c1nc2cc(N(C(C)Cl)C(C)Cl)ccc2n1C. The van der Waals surface area contributed by atoms with Gasteiger partial charge in [-0.05, 0) is 44.9 Å². The van der Waals surface area contributed by atoms with Crippen molar-refractivity contribution < 1.29 is 9.53 Å². The van der Waals surface area contributed by atoms with Crippen molar-refractivity contribution in [1.29, 1.82) is 0 Å². The number of unbranched alkanes of at least 4 members (excludes halogenated alkanes) is 9. The topological polar surface area (TPSA) is 47.4 Å². The third kappa shape index (κ3) is 8.86. The second kappa shape index (κ2) is 15.6. The molecule has 3 unspecified atom stereocenters. The lowest BCUT2D eigenvalue weighted by Gasteiger charge is -2.29. The molecule has 35 heavy (non-hydrogen) atoms. The van der Waals surface area contributed by atoms with Crippen molar-refractivity contribution in [2.75, 3.05) is 11.5 Å². The maximum Gasteiger partial charge on any atom is 0.316 e. The van der Waals surface area contributed by atoms with Gasteiger partial charge in [-0.1, -0.05) is 94.8 Å². The molecule has 0 aliphatic carbocycles. The molecule has 0 fully saturated rings. The molecule has 0 saturated carbocycles. The van der Waals surface area contributed by atoms with Crippen LogP contribution in [-0.4, -0.2) is 33.1 Å². The molecule has 2 aromatic rings. The number of imidazole rings is 1. The van der Waals surface area contributed by atoms with Gasteiger partial charge >= 0.3 is 5.97 Å². The van der Waals surface area contributed by atoms with E-state index in [0.29, 0.717) is 13.0 Å². The number of hydrogen-bond donors (Lipinski definition) is 0. The predicted octanol–water partition coefficient (Wildman–Crippen LogP) is 8.51. The number of carbonyl (C=O) groups is 1. The molecule has 7 heteroatoms. The maximum absolute atomic E-state index is 12.9. The van der Waals surface area contributed by atoms with E-state index in [4.69, 9.17) is 32.9 Å². The number of anilines is 1. The average molecular weight is 527 g/mol. The molecule has 5 nitrogen and oxygen atoms in total. The van der Waals surface area contributed by atoms with E-state index in [9.17, 15) is 4.79 Å². The van der Waals surface area contributed by atoms with Crippen LogP contribution in [-0.2, 0) is 16.6 Å². The lowest BCUT2D eigenvalue weighted by molar-refractivity contribution is -0.146. The van der Waals surface area contributed by atoms with E-state index in [-0.39, 0.29) is 22.9 Å². The Hall–Kier alpha value is -1.46. The first kappa shape index (κ1) is 29.8. The fraction of sp³-hybridized carbons (Fsp3) is 0.714. The summed E-state index contributed by atoms with van der Waals surface area (Å²) in [6.07, 6.45) is 13.2. The van der Waals surface area contributed by atoms with Crippen LogP contribution in [0.4, 0.5) is 5.69 Å². The smallest absolute Gasteiger partial charge is 0.316 e. The number of rotatable bonds is 17. The fourth-order valence-electron chi connectivity index (χ4n) is 4.69. The van der Waals surface area contributed by atoms with Gasteiger partial charge in [-0.2, -0.15) is 0 Å². The van der Waals surface area contributed by atoms with Gasteiger partial charge in [0.2, 0.25) is 0 Å². The van der Waals surface area contributed by atoms with Gasteiger partial charge < -0.3 is 14.2 Å². The molecule has 0 bridgehead atoms. The third-order valence-electron chi connectivity index (χ3n) is 6.71. The van der Waals surface area contributed by atoms with Crippen molar-refractivity contribution in [3.63, 3.8) is 0 Å². The van der Waals surface area contributed by atoms with Crippen LogP contribution < -0.4 is 4.90 Å². The van der Waals surface area contributed by atoms with Crippen LogP contribution in [0.15, 0.2) is 18.2 Å². The van der Waals surface area contributed by atoms with E-state index in [0.717, 1.165) is 35.4 Å². The van der Waals surface area contributed by atoms with E-state index in [2.05, 4.69) is 6.92 Å². The minimum absolute atomic E-state index is 0.188. The Morgan fingerprint density at radius 3 is 2.09 bits per heavy atom. The van der Waals surface area contributed by atoms with Crippen LogP contribution >= 0.6 is 23.2 Å². The van der Waals surface area contributed by atoms with Gasteiger partial charge in [-0.25, -0.2) is 4.98 Å². The van der Waals surface area contributed by atoms with Crippen molar-refractivity contribution in [3.05, 3.63) is 24.0 Å². The number of halogens is 2. The second-order valence-electron chi connectivity index (χ2n) is 9.57. The van der Waals surface area contributed by atoms with Crippen LogP contribution in [0.3, 0.4) is 0 Å². The molecule has 1 aromatic carbocycles. The normalized spacial score (nSPS) is 14.1. The number of hydrogen-bond acceptors (Lipinski definition) is 4. The third-order valence-corrected chi connectivity index (χ3v) is 7.13. The van der Waals surface area contributed by atoms with Crippen LogP contribution in [0, 0.1) is 0 Å². The summed E-state index contributed by atoms with van der Waals surface area (Å²) in [5, 5.41) is 0. The predicted molar refractivity (Wildman–Crippen MR) is 150 cm³/mol. The number of nitrogens with zero attached hydrogens (tertiary/aromatic N) is 3. The minimum atomic E-state index is -0.381. The van der Waals surface area contributed by atoms with E-state index in [1.165, 1.54) is 51.4 Å². The molecule has 1 aromatic heterocycles. The molecule has 198 valence electrons. The van der Waals surface area contributed by atoms with Crippen molar-refractivity contribution >= 4 is 45.9 Å². The lowest BCUT2D eigenvalue weighted by Crippen LogP contribution is -2.34. The zero-order valence-electron chi connectivity index (χ0n) is 22.4. The summed E-state index contributed by atoms with van der Waals surface area (Å²) in [5.74, 6) is 0.165. The zero-order chi connectivity index (χ0) is 25.8. The molecule has 1 heterocycles. The highest BCUT2D eigenvalue weighted by Crippen LogP contribution is 2.30. The molecule has 0 radical (unpaired) electrons. The highest BCUT2D eigenvalue weighted by Gasteiger charge is 2.26. The van der Waals surface area contributed by atoms with Crippen LogP contribution in [0.5, 0.6) is 0 Å². The molecule has 0 aliphatic rings. The first-order chi connectivity index (χ1) is 16.8. The number of carbonyl (C=O) groups excluding carboxylic acids is 1. The minimum Gasteiger partial charge on any atom is -0.465 e. The van der Waals surface area contributed by atoms with Gasteiger partial charge in [-0.3, -0.25) is 4.79 Å². The van der Waals surface area contributed by atoms with E-state index in [1.54, 1.807) is 0 Å². The van der Waals surface area contributed by atoms with Gasteiger partial charge in [0.05, 0.1) is 17.6 Å². The van der Waals surface area contributed by atoms with Crippen molar-refractivity contribution in [2.45, 2.75) is 115 Å². The van der Waals surface area contributed by atoms with Crippen LogP contribution in [0.25, 0.3) is 11.0 Å². The summed E-state index contributed by atoms with van der Waals surface area (Å²) in [5.41, 5.74) is 2.18. The summed E-state index contributed by atoms with van der Waals surface area (Å²) in [6.45, 7) is 8.53. The quantitative estimate of drug-likeness (QED) is 0.0897. The second-order valence-corrected chi connectivity index (χ2v) is 10.8. The first-order valence-corrected chi connectivity index (χ1v) is 14.4. The Balaban J connectivity index is 1.89. The Bertz CT molecular complexity index is 890. The summed E-state index contributed by atoms with van der Waals surface area (Å²) in [7, 11) is 1.95. The summed E-state index contributed by atoms with van der Waals surface area (Å²) in [6, 6.07) is 5.99. The Kier molecular flexibility index (Phi) is 13.3. The van der Waals surface area contributed by atoms with Crippen molar-refractivity contribution in [1.82, 2.24) is 9.55 Å². The van der Waals surface area contributed by atoms with E-state index < -0.39 is 0 Å². The Morgan fingerprint density at radius 2 is 1.54 bits per heavy atom.